The van der Waals surface area contributed by atoms with Gasteiger partial charge in [0.1, 0.15) is 0 Å². The van der Waals surface area contributed by atoms with Crippen LogP contribution in [0.4, 0.5) is 4.79 Å². The van der Waals surface area contributed by atoms with Crippen LogP contribution in [0, 0.1) is 0 Å². The number of carbonyl (C=O) groups excluding carboxylic acids is 1. The summed E-state index contributed by atoms with van der Waals surface area (Å²) in [7, 11) is 0. The van der Waals surface area contributed by atoms with E-state index in [1.54, 1.807) is 22.6 Å². The van der Waals surface area contributed by atoms with E-state index in [9.17, 15) is 10.0 Å². The Hall–Kier alpha value is -1.14. The predicted octanol–water partition coefficient (Wildman–Crippen LogP) is 3.59. The maximum atomic E-state index is 10.9. The van der Waals surface area contributed by atoms with Gasteiger partial charge in [-0.1, -0.05) is 42.5 Å². The Labute approximate surface area is 107 Å². The van der Waals surface area contributed by atoms with E-state index in [0.29, 0.717) is 5.06 Å². The van der Waals surface area contributed by atoms with Crippen molar-refractivity contribution in [2.75, 3.05) is 0 Å². The highest BCUT2D eigenvalue weighted by Crippen LogP contribution is 2.19. The van der Waals surface area contributed by atoms with Crippen LogP contribution in [0.3, 0.4) is 0 Å². The molecule has 16 heavy (non-hydrogen) atoms. The molecule has 1 N–H and O–H groups in total. The SMILES string of the molecule is O=C(I)N(O)Cc1cccc2ccccc12. The van der Waals surface area contributed by atoms with Crippen molar-refractivity contribution in [2.45, 2.75) is 6.54 Å². The molecule has 0 aromatic heterocycles. The van der Waals surface area contributed by atoms with Gasteiger partial charge in [0.2, 0.25) is 0 Å². The fraction of sp³-hybridized carbons (Fsp3) is 0.0833. The molecule has 0 aliphatic carbocycles. The standard InChI is InChI=1S/C12H10INO2/c13-12(15)14(16)8-10-6-3-5-9-4-1-2-7-11(9)10/h1-7,16H,8H2. The normalized spacial score (nSPS) is 10.4. The summed E-state index contributed by atoms with van der Waals surface area (Å²) in [6.07, 6.45) is 0. The second-order valence-corrected chi connectivity index (χ2v) is 4.37. The second-order valence-electron chi connectivity index (χ2n) is 3.45. The van der Waals surface area contributed by atoms with Crippen LogP contribution in [0.25, 0.3) is 10.8 Å². The summed E-state index contributed by atoms with van der Waals surface area (Å²) in [6.45, 7) is 0.211. The Kier molecular flexibility index (Phi) is 3.40. The van der Waals surface area contributed by atoms with Gasteiger partial charge >= 0.3 is 3.91 Å². The topological polar surface area (TPSA) is 40.5 Å². The minimum atomic E-state index is -0.384. The fourth-order valence-corrected chi connectivity index (χ4v) is 1.82. The van der Waals surface area contributed by atoms with Gasteiger partial charge in [-0.3, -0.25) is 10.0 Å². The Morgan fingerprint density at radius 1 is 1.19 bits per heavy atom. The summed E-state index contributed by atoms with van der Waals surface area (Å²) in [4.78, 5) is 10.9. The number of fused-ring (bicyclic) bond motifs is 1. The van der Waals surface area contributed by atoms with Crippen molar-refractivity contribution in [1.82, 2.24) is 5.06 Å². The highest BCUT2D eigenvalue weighted by atomic mass is 127. The molecule has 0 heterocycles. The van der Waals surface area contributed by atoms with E-state index in [2.05, 4.69) is 0 Å². The van der Waals surface area contributed by atoms with Crippen LogP contribution in [0.2, 0.25) is 0 Å². The van der Waals surface area contributed by atoms with Crippen molar-refractivity contribution < 1.29 is 10.0 Å². The first-order valence-electron chi connectivity index (χ1n) is 4.81. The molecular formula is C12H10INO2. The molecular weight excluding hydrogens is 317 g/mol. The zero-order valence-electron chi connectivity index (χ0n) is 8.43. The minimum absolute atomic E-state index is 0.211. The van der Waals surface area contributed by atoms with Gasteiger partial charge < -0.3 is 0 Å². The number of halogens is 1. The summed E-state index contributed by atoms with van der Waals surface area (Å²) in [5.41, 5.74) is 0.936. The highest BCUT2D eigenvalue weighted by Gasteiger charge is 2.08. The van der Waals surface area contributed by atoms with Crippen LogP contribution in [-0.2, 0) is 6.54 Å². The van der Waals surface area contributed by atoms with Gasteiger partial charge in [0.15, 0.2) is 0 Å². The van der Waals surface area contributed by atoms with Gasteiger partial charge in [-0.2, -0.15) is 0 Å². The van der Waals surface area contributed by atoms with Crippen molar-refractivity contribution >= 4 is 37.3 Å². The van der Waals surface area contributed by atoms with Crippen LogP contribution < -0.4 is 0 Å². The lowest BCUT2D eigenvalue weighted by molar-refractivity contribution is -0.0370. The average Bonchev–Trinajstić information content (AvgIpc) is 2.29. The van der Waals surface area contributed by atoms with Gasteiger partial charge in [0.05, 0.1) is 6.54 Å². The number of hydroxylamine groups is 2. The molecule has 4 heteroatoms. The lowest BCUT2D eigenvalue weighted by Gasteiger charge is -2.13. The Balaban J connectivity index is 2.41. The highest BCUT2D eigenvalue weighted by molar-refractivity contribution is 14.1. The van der Waals surface area contributed by atoms with Gasteiger partial charge in [0, 0.05) is 22.6 Å². The fourth-order valence-electron chi connectivity index (χ4n) is 1.65. The number of hydrogen-bond donors (Lipinski definition) is 1. The van der Waals surface area contributed by atoms with Crippen LogP contribution in [-0.4, -0.2) is 14.2 Å². The lowest BCUT2D eigenvalue weighted by Crippen LogP contribution is -2.20. The van der Waals surface area contributed by atoms with E-state index < -0.39 is 0 Å². The molecule has 0 radical (unpaired) electrons. The molecule has 0 saturated heterocycles. The first-order valence-corrected chi connectivity index (χ1v) is 5.89. The van der Waals surface area contributed by atoms with E-state index in [0.717, 1.165) is 16.3 Å². The van der Waals surface area contributed by atoms with Gasteiger partial charge in [-0.05, 0) is 16.3 Å². The molecule has 0 unspecified atom stereocenters. The zero-order chi connectivity index (χ0) is 11.5. The first kappa shape index (κ1) is 11.3. The summed E-state index contributed by atoms with van der Waals surface area (Å²) in [5, 5.41) is 12.3. The smallest absolute Gasteiger partial charge is 0.285 e. The van der Waals surface area contributed by atoms with Crippen LogP contribution >= 0.6 is 22.6 Å². The number of benzene rings is 2. The number of hydrogen-bond acceptors (Lipinski definition) is 2. The van der Waals surface area contributed by atoms with E-state index in [1.807, 2.05) is 42.5 Å². The lowest BCUT2D eigenvalue weighted by atomic mass is 10.0. The summed E-state index contributed by atoms with van der Waals surface area (Å²) < 4.78 is -0.384. The van der Waals surface area contributed by atoms with Gasteiger partial charge in [-0.15, -0.1) is 0 Å². The van der Waals surface area contributed by atoms with Crippen molar-refractivity contribution in [3.05, 3.63) is 48.0 Å². The van der Waals surface area contributed by atoms with Gasteiger partial charge in [0.25, 0.3) is 0 Å². The molecule has 2 rings (SSSR count). The van der Waals surface area contributed by atoms with E-state index in [1.165, 1.54) is 0 Å². The average molecular weight is 327 g/mol. The molecule has 82 valence electrons. The number of amides is 1. The minimum Gasteiger partial charge on any atom is -0.285 e. The number of nitrogens with zero attached hydrogens (tertiary/aromatic N) is 1. The molecule has 1 amide bonds. The largest absolute Gasteiger partial charge is 0.306 e. The molecule has 0 fully saturated rings. The summed E-state index contributed by atoms with van der Waals surface area (Å²) in [5.74, 6) is 0. The molecule has 0 saturated carbocycles. The number of rotatable bonds is 2. The molecule has 0 bridgehead atoms. The monoisotopic (exact) mass is 327 g/mol. The van der Waals surface area contributed by atoms with Crippen LogP contribution in [0.5, 0.6) is 0 Å². The Morgan fingerprint density at radius 3 is 2.62 bits per heavy atom. The number of carbonyl (C=O) groups is 1. The second kappa shape index (κ2) is 4.80. The van der Waals surface area contributed by atoms with E-state index >= 15 is 0 Å². The molecule has 2 aromatic carbocycles. The van der Waals surface area contributed by atoms with Crippen LogP contribution in [0.15, 0.2) is 42.5 Å². The first-order chi connectivity index (χ1) is 7.68. The maximum absolute atomic E-state index is 10.9. The van der Waals surface area contributed by atoms with Crippen molar-refractivity contribution in [3.63, 3.8) is 0 Å². The van der Waals surface area contributed by atoms with Crippen LogP contribution in [0.1, 0.15) is 5.56 Å². The third kappa shape index (κ3) is 2.33. The molecule has 0 spiro atoms. The molecule has 3 nitrogen and oxygen atoms in total. The molecule has 2 aromatic rings. The van der Waals surface area contributed by atoms with Crippen molar-refractivity contribution in [3.8, 4) is 0 Å². The third-order valence-corrected chi connectivity index (χ3v) is 2.96. The van der Waals surface area contributed by atoms with E-state index in [-0.39, 0.29) is 10.5 Å². The van der Waals surface area contributed by atoms with Gasteiger partial charge in [-0.25, -0.2) is 5.06 Å². The summed E-state index contributed by atoms with van der Waals surface area (Å²) in [6, 6.07) is 13.7. The Morgan fingerprint density at radius 2 is 1.88 bits per heavy atom. The molecule has 0 aliphatic rings. The third-order valence-electron chi connectivity index (χ3n) is 2.40. The summed E-state index contributed by atoms with van der Waals surface area (Å²) >= 11 is 1.56. The molecule has 0 aliphatic heterocycles. The van der Waals surface area contributed by atoms with E-state index in [4.69, 9.17) is 0 Å². The zero-order valence-corrected chi connectivity index (χ0v) is 10.6. The quantitative estimate of drug-likeness (QED) is 0.301. The van der Waals surface area contributed by atoms with Crippen molar-refractivity contribution in [1.29, 1.82) is 0 Å². The predicted molar refractivity (Wildman–Crippen MR) is 70.7 cm³/mol. The van der Waals surface area contributed by atoms with Crippen molar-refractivity contribution in [2.24, 2.45) is 0 Å². The molecule has 0 atom stereocenters. The Bertz CT molecular complexity index is 522. The maximum Gasteiger partial charge on any atom is 0.306 e.